The standard InChI is InChI=1S/C21H23N3O5S/c1-14(2)13-24-20(26)17-9-8-15(12-18(17)21(24)27)19(25)22-10-11-23-30(28,29)16-6-4-3-5-7-16/h3-9,12,14,23H,10-11,13H2,1-2H3,(H,22,25). The number of amides is 3. The molecule has 0 saturated heterocycles. The van der Waals surface area contributed by atoms with E-state index in [1.165, 1.54) is 35.2 Å². The van der Waals surface area contributed by atoms with Crippen molar-refractivity contribution in [1.29, 1.82) is 0 Å². The Morgan fingerprint density at radius 1 is 0.967 bits per heavy atom. The van der Waals surface area contributed by atoms with Crippen molar-refractivity contribution in [1.82, 2.24) is 14.9 Å². The summed E-state index contributed by atoms with van der Waals surface area (Å²) >= 11 is 0. The molecule has 3 amide bonds. The van der Waals surface area contributed by atoms with Crippen molar-refractivity contribution in [2.75, 3.05) is 19.6 Å². The van der Waals surface area contributed by atoms with Gasteiger partial charge >= 0.3 is 0 Å². The molecule has 0 bridgehead atoms. The van der Waals surface area contributed by atoms with Gasteiger partial charge in [0.2, 0.25) is 10.0 Å². The zero-order valence-corrected chi connectivity index (χ0v) is 17.5. The number of hydrogen-bond donors (Lipinski definition) is 2. The number of carbonyl (C=O) groups excluding carboxylic acids is 3. The van der Waals surface area contributed by atoms with Crippen LogP contribution in [0.4, 0.5) is 0 Å². The molecule has 2 aromatic rings. The number of nitrogens with one attached hydrogen (secondary N) is 2. The lowest BCUT2D eigenvalue weighted by Gasteiger charge is -2.15. The number of hydrogen-bond acceptors (Lipinski definition) is 5. The zero-order chi connectivity index (χ0) is 21.9. The van der Waals surface area contributed by atoms with Gasteiger partial charge in [-0.15, -0.1) is 0 Å². The quantitative estimate of drug-likeness (QED) is 0.489. The maximum Gasteiger partial charge on any atom is 0.261 e. The van der Waals surface area contributed by atoms with Crippen LogP contribution < -0.4 is 10.0 Å². The molecule has 0 spiro atoms. The number of fused-ring (bicyclic) bond motifs is 1. The number of benzene rings is 2. The number of rotatable bonds is 8. The second kappa shape index (κ2) is 8.76. The Kier molecular flexibility index (Phi) is 6.33. The van der Waals surface area contributed by atoms with Crippen LogP contribution in [0.3, 0.4) is 0 Å². The van der Waals surface area contributed by atoms with Crippen molar-refractivity contribution in [3.8, 4) is 0 Å². The van der Waals surface area contributed by atoms with Crippen molar-refractivity contribution >= 4 is 27.7 Å². The van der Waals surface area contributed by atoms with E-state index in [4.69, 9.17) is 0 Å². The Morgan fingerprint density at radius 3 is 2.30 bits per heavy atom. The van der Waals surface area contributed by atoms with Gasteiger partial charge in [0, 0.05) is 25.2 Å². The molecule has 0 unspecified atom stereocenters. The Morgan fingerprint density at radius 2 is 1.63 bits per heavy atom. The predicted octanol–water partition coefficient (Wildman–Crippen LogP) is 1.65. The second-order valence-corrected chi connectivity index (χ2v) is 9.11. The summed E-state index contributed by atoms with van der Waals surface area (Å²) in [5, 5.41) is 2.61. The van der Waals surface area contributed by atoms with Crippen LogP contribution in [0.2, 0.25) is 0 Å². The molecule has 1 aliphatic rings. The molecule has 0 atom stereocenters. The topological polar surface area (TPSA) is 113 Å². The van der Waals surface area contributed by atoms with E-state index in [0.717, 1.165) is 0 Å². The van der Waals surface area contributed by atoms with Gasteiger partial charge in [0.15, 0.2) is 0 Å². The van der Waals surface area contributed by atoms with Crippen molar-refractivity contribution in [3.63, 3.8) is 0 Å². The molecule has 158 valence electrons. The van der Waals surface area contributed by atoms with Crippen LogP contribution in [0.15, 0.2) is 53.4 Å². The van der Waals surface area contributed by atoms with Gasteiger partial charge in [-0.25, -0.2) is 13.1 Å². The normalized spacial score (nSPS) is 13.6. The average Bonchev–Trinajstić information content (AvgIpc) is 2.95. The Balaban J connectivity index is 1.59. The largest absolute Gasteiger partial charge is 0.351 e. The summed E-state index contributed by atoms with van der Waals surface area (Å²) in [4.78, 5) is 38.6. The highest BCUT2D eigenvalue weighted by Crippen LogP contribution is 2.24. The van der Waals surface area contributed by atoms with Crippen molar-refractivity contribution in [3.05, 3.63) is 65.2 Å². The minimum Gasteiger partial charge on any atom is -0.351 e. The zero-order valence-electron chi connectivity index (χ0n) is 16.7. The molecule has 0 fully saturated rings. The van der Waals surface area contributed by atoms with Crippen LogP contribution >= 0.6 is 0 Å². The molecule has 9 heteroatoms. The van der Waals surface area contributed by atoms with E-state index in [9.17, 15) is 22.8 Å². The van der Waals surface area contributed by atoms with Gasteiger partial charge in [-0.2, -0.15) is 0 Å². The fourth-order valence-corrected chi connectivity index (χ4v) is 4.16. The van der Waals surface area contributed by atoms with Gasteiger partial charge in [-0.05, 0) is 36.2 Å². The first-order chi connectivity index (χ1) is 14.2. The molecular weight excluding hydrogens is 406 g/mol. The molecule has 1 heterocycles. The number of carbonyl (C=O) groups is 3. The molecule has 0 aliphatic carbocycles. The number of imide groups is 1. The monoisotopic (exact) mass is 429 g/mol. The van der Waals surface area contributed by atoms with Crippen LogP contribution in [0.25, 0.3) is 0 Å². The maximum atomic E-state index is 12.5. The molecule has 1 aliphatic heterocycles. The van der Waals surface area contributed by atoms with E-state index in [1.54, 1.807) is 18.2 Å². The third kappa shape index (κ3) is 4.58. The highest BCUT2D eigenvalue weighted by Gasteiger charge is 2.36. The van der Waals surface area contributed by atoms with Crippen LogP contribution in [0.5, 0.6) is 0 Å². The lowest BCUT2D eigenvalue weighted by molar-refractivity contribution is 0.0636. The van der Waals surface area contributed by atoms with E-state index in [-0.39, 0.29) is 46.5 Å². The minimum absolute atomic E-state index is 0.00743. The number of sulfonamides is 1. The third-order valence-corrected chi connectivity index (χ3v) is 6.01. The van der Waals surface area contributed by atoms with E-state index in [1.807, 2.05) is 13.8 Å². The van der Waals surface area contributed by atoms with Crippen LogP contribution in [-0.4, -0.2) is 50.7 Å². The van der Waals surface area contributed by atoms with Crippen molar-refractivity contribution in [2.45, 2.75) is 18.7 Å². The molecule has 0 radical (unpaired) electrons. The Bertz CT molecular complexity index is 1080. The molecule has 2 aromatic carbocycles. The maximum absolute atomic E-state index is 12.5. The average molecular weight is 429 g/mol. The van der Waals surface area contributed by atoms with Crippen LogP contribution in [-0.2, 0) is 10.0 Å². The summed E-state index contributed by atoms with van der Waals surface area (Å²) in [6, 6.07) is 12.3. The fraction of sp³-hybridized carbons (Fsp3) is 0.286. The molecule has 8 nitrogen and oxygen atoms in total. The molecule has 3 rings (SSSR count). The van der Waals surface area contributed by atoms with Gasteiger partial charge in [0.25, 0.3) is 17.7 Å². The Hall–Kier alpha value is -3.04. The van der Waals surface area contributed by atoms with E-state index >= 15 is 0 Å². The van der Waals surface area contributed by atoms with Gasteiger partial charge in [-0.1, -0.05) is 32.0 Å². The molecule has 2 N–H and O–H groups in total. The summed E-state index contributed by atoms with van der Waals surface area (Å²) in [6.45, 7) is 4.21. The molecular formula is C21H23N3O5S. The van der Waals surface area contributed by atoms with Crippen LogP contribution in [0.1, 0.15) is 44.9 Å². The third-order valence-electron chi connectivity index (χ3n) is 4.54. The molecule has 30 heavy (non-hydrogen) atoms. The second-order valence-electron chi connectivity index (χ2n) is 7.34. The summed E-state index contributed by atoms with van der Waals surface area (Å²) in [6.07, 6.45) is 0. The van der Waals surface area contributed by atoms with Crippen molar-refractivity contribution < 1.29 is 22.8 Å². The summed E-state index contributed by atoms with van der Waals surface area (Å²) < 4.78 is 26.7. The number of nitrogens with zero attached hydrogens (tertiary/aromatic N) is 1. The molecule has 0 aromatic heterocycles. The summed E-state index contributed by atoms with van der Waals surface area (Å²) in [7, 11) is -3.65. The SMILES string of the molecule is CC(C)CN1C(=O)c2ccc(C(=O)NCCNS(=O)(=O)c3ccccc3)cc2C1=O. The highest BCUT2D eigenvalue weighted by atomic mass is 32.2. The lowest BCUT2D eigenvalue weighted by Crippen LogP contribution is -2.34. The smallest absolute Gasteiger partial charge is 0.261 e. The first-order valence-electron chi connectivity index (χ1n) is 9.54. The first kappa shape index (κ1) is 21.7. The van der Waals surface area contributed by atoms with E-state index in [0.29, 0.717) is 6.54 Å². The first-order valence-corrected chi connectivity index (χ1v) is 11.0. The molecule has 0 saturated carbocycles. The van der Waals surface area contributed by atoms with Gasteiger partial charge in [0.1, 0.15) is 0 Å². The minimum atomic E-state index is -3.65. The van der Waals surface area contributed by atoms with Gasteiger partial charge in [-0.3, -0.25) is 19.3 Å². The fourth-order valence-electron chi connectivity index (χ4n) is 3.11. The van der Waals surface area contributed by atoms with Crippen LogP contribution in [0, 0.1) is 5.92 Å². The van der Waals surface area contributed by atoms with Gasteiger partial charge < -0.3 is 5.32 Å². The highest BCUT2D eigenvalue weighted by molar-refractivity contribution is 7.89. The van der Waals surface area contributed by atoms with E-state index < -0.39 is 21.8 Å². The summed E-state index contributed by atoms with van der Waals surface area (Å²) in [5.41, 5.74) is 0.720. The van der Waals surface area contributed by atoms with Crippen molar-refractivity contribution in [2.24, 2.45) is 5.92 Å². The van der Waals surface area contributed by atoms with Gasteiger partial charge in [0.05, 0.1) is 16.0 Å². The predicted molar refractivity (Wildman–Crippen MR) is 111 cm³/mol. The lowest BCUT2D eigenvalue weighted by atomic mass is 10.1. The summed E-state index contributed by atoms with van der Waals surface area (Å²) in [5.74, 6) is -1.09. The van der Waals surface area contributed by atoms with E-state index in [2.05, 4.69) is 10.0 Å². The Labute approximate surface area is 175 Å².